The van der Waals surface area contributed by atoms with E-state index in [4.69, 9.17) is 4.74 Å². The Morgan fingerprint density at radius 1 is 1.44 bits per heavy atom. The fraction of sp³-hybridized carbons (Fsp3) is 0.818. The van der Waals surface area contributed by atoms with Crippen LogP contribution >= 0.6 is 0 Å². The van der Waals surface area contributed by atoms with Crippen LogP contribution in [0.3, 0.4) is 0 Å². The molecule has 0 aromatic carbocycles. The highest BCUT2D eigenvalue weighted by Crippen LogP contribution is 2.51. The van der Waals surface area contributed by atoms with Crippen LogP contribution in [-0.4, -0.2) is 24.3 Å². The zero-order chi connectivity index (χ0) is 12.1. The highest BCUT2D eigenvalue weighted by molar-refractivity contribution is 5.77. The summed E-state index contributed by atoms with van der Waals surface area (Å²) in [5.41, 5.74) is 0. The summed E-state index contributed by atoms with van der Waals surface area (Å²) in [6.45, 7) is 3.03. The number of carbonyl (C=O) groups excluding carboxylic acids is 2. The van der Waals surface area contributed by atoms with Crippen molar-refractivity contribution in [2.45, 2.75) is 32.3 Å². The summed E-state index contributed by atoms with van der Waals surface area (Å²) < 4.78 is 32.2. The van der Waals surface area contributed by atoms with Gasteiger partial charge >= 0.3 is 5.97 Å². The number of esters is 1. The molecule has 0 N–H and O–H groups in total. The maximum Gasteiger partial charge on any atom is 0.309 e. The summed E-state index contributed by atoms with van der Waals surface area (Å²) in [6, 6.07) is 0. The summed E-state index contributed by atoms with van der Waals surface area (Å²) in [5, 5.41) is 0. The van der Waals surface area contributed by atoms with Crippen LogP contribution < -0.4 is 0 Å². The first kappa shape index (κ1) is 11.5. The number of hydrogen-bond acceptors (Lipinski definition) is 3. The first-order valence-corrected chi connectivity index (χ1v) is 5.42. The molecule has 0 amide bonds. The minimum atomic E-state index is -2.96. The molecule has 1 saturated carbocycles. The minimum Gasteiger partial charge on any atom is -0.462 e. The molecule has 1 saturated heterocycles. The van der Waals surface area contributed by atoms with Gasteiger partial charge in [-0.2, -0.15) is 0 Å². The number of carbonyl (C=O) groups is 2. The Bertz CT molecular complexity index is 329. The number of rotatable bonds is 1. The lowest BCUT2D eigenvalue weighted by Gasteiger charge is -2.39. The van der Waals surface area contributed by atoms with Crippen molar-refractivity contribution >= 4 is 12.3 Å². The normalized spacial score (nSPS) is 46.0. The average molecular weight is 232 g/mol. The monoisotopic (exact) mass is 232 g/mol. The molecule has 2 fully saturated rings. The maximum atomic E-state index is 13.6. The predicted octanol–water partition coefficient (Wildman–Crippen LogP) is 1.65. The van der Waals surface area contributed by atoms with E-state index in [0.717, 1.165) is 0 Å². The van der Waals surface area contributed by atoms with Crippen LogP contribution in [0.5, 0.6) is 0 Å². The zero-order valence-corrected chi connectivity index (χ0v) is 9.15. The molecule has 0 bridgehead atoms. The quantitative estimate of drug-likeness (QED) is 0.510. The van der Waals surface area contributed by atoms with Gasteiger partial charge in [-0.25, -0.2) is 8.78 Å². The fourth-order valence-corrected chi connectivity index (χ4v) is 2.94. The molecule has 1 unspecified atom stereocenters. The molecular weight excluding hydrogens is 218 g/mol. The number of ether oxygens (including phenoxy) is 1. The van der Waals surface area contributed by atoms with E-state index in [0.29, 0.717) is 6.29 Å². The van der Waals surface area contributed by atoms with Gasteiger partial charge in [0.15, 0.2) is 0 Å². The van der Waals surface area contributed by atoms with Gasteiger partial charge in [-0.15, -0.1) is 0 Å². The van der Waals surface area contributed by atoms with Gasteiger partial charge in [-0.05, 0) is 6.92 Å². The maximum absolute atomic E-state index is 13.6. The Morgan fingerprint density at radius 3 is 2.62 bits per heavy atom. The van der Waals surface area contributed by atoms with Crippen LogP contribution in [0.15, 0.2) is 0 Å². The number of hydrogen-bond donors (Lipinski definition) is 0. The smallest absolute Gasteiger partial charge is 0.309 e. The van der Waals surface area contributed by atoms with Crippen LogP contribution in [-0.2, 0) is 14.3 Å². The van der Waals surface area contributed by atoms with Crippen molar-refractivity contribution in [1.82, 2.24) is 0 Å². The largest absolute Gasteiger partial charge is 0.462 e. The van der Waals surface area contributed by atoms with Gasteiger partial charge in [0.2, 0.25) is 0 Å². The first-order valence-electron chi connectivity index (χ1n) is 5.42. The molecule has 90 valence electrons. The molecular formula is C11H14F2O3. The number of aldehydes is 1. The molecule has 3 nitrogen and oxygen atoms in total. The summed E-state index contributed by atoms with van der Waals surface area (Å²) in [5.74, 6) is -6.58. The van der Waals surface area contributed by atoms with Crippen LogP contribution in [0.25, 0.3) is 0 Å². The third-order valence-corrected chi connectivity index (χ3v) is 3.95. The highest BCUT2D eigenvalue weighted by atomic mass is 19.3. The zero-order valence-electron chi connectivity index (χ0n) is 9.15. The van der Waals surface area contributed by atoms with Crippen molar-refractivity contribution in [3.8, 4) is 0 Å². The number of cyclic esters (lactones) is 1. The van der Waals surface area contributed by atoms with Gasteiger partial charge in [0, 0.05) is 24.2 Å². The van der Waals surface area contributed by atoms with Gasteiger partial charge in [0.1, 0.15) is 12.4 Å². The lowest BCUT2D eigenvalue weighted by Crippen LogP contribution is -2.48. The average Bonchev–Trinajstić information content (AvgIpc) is 2.44. The molecule has 0 radical (unpaired) electrons. The van der Waals surface area contributed by atoms with E-state index in [2.05, 4.69) is 0 Å². The van der Waals surface area contributed by atoms with Crippen molar-refractivity contribution in [2.24, 2.45) is 23.7 Å². The Morgan fingerprint density at radius 2 is 2.06 bits per heavy atom. The lowest BCUT2D eigenvalue weighted by atomic mass is 9.65. The molecule has 16 heavy (non-hydrogen) atoms. The van der Waals surface area contributed by atoms with Crippen molar-refractivity contribution in [3.05, 3.63) is 0 Å². The van der Waals surface area contributed by atoms with Gasteiger partial charge < -0.3 is 9.53 Å². The molecule has 2 rings (SSSR count). The second-order valence-corrected chi connectivity index (χ2v) is 4.79. The minimum absolute atomic E-state index is 0.389. The summed E-state index contributed by atoms with van der Waals surface area (Å²) in [4.78, 5) is 22.4. The van der Waals surface area contributed by atoms with Gasteiger partial charge in [-0.1, -0.05) is 6.92 Å². The van der Waals surface area contributed by atoms with E-state index in [1.165, 1.54) is 6.92 Å². The number of halogens is 2. The number of alkyl halides is 2. The molecule has 1 heterocycles. The van der Waals surface area contributed by atoms with Crippen LogP contribution in [0.1, 0.15) is 20.3 Å². The van der Waals surface area contributed by atoms with E-state index >= 15 is 0 Å². The van der Waals surface area contributed by atoms with E-state index < -0.39 is 42.2 Å². The Balaban J connectivity index is 2.36. The third kappa shape index (κ3) is 1.44. The SMILES string of the molecule is CC1[C@H](C=O)[C@@H]2[C@@H](C)OC(=O)[C@@H]2CC1(F)F. The van der Waals surface area contributed by atoms with Crippen LogP contribution in [0.2, 0.25) is 0 Å². The van der Waals surface area contributed by atoms with Gasteiger partial charge in [0.25, 0.3) is 5.92 Å². The summed E-state index contributed by atoms with van der Waals surface area (Å²) in [6.07, 6.45) is -0.383. The molecule has 5 heteroatoms. The molecule has 0 aromatic heterocycles. The predicted molar refractivity (Wildman–Crippen MR) is 50.8 cm³/mol. The van der Waals surface area contributed by atoms with Crippen molar-refractivity contribution in [2.75, 3.05) is 0 Å². The number of fused-ring (bicyclic) bond motifs is 1. The standard InChI is InChI=1S/C11H14F2O3/c1-5-8(4-14)9-6(2)16-10(15)7(9)3-11(5,12)13/h4-9H,3H2,1-2H3/t5?,6-,7-,8+,9-/m1/s1. The van der Waals surface area contributed by atoms with Crippen LogP contribution in [0, 0.1) is 23.7 Å². The Hall–Kier alpha value is -1.00. The fourth-order valence-electron chi connectivity index (χ4n) is 2.94. The van der Waals surface area contributed by atoms with Gasteiger partial charge in [-0.3, -0.25) is 4.79 Å². The van der Waals surface area contributed by atoms with Crippen molar-refractivity contribution in [1.29, 1.82) is 0 Å². The van der Waals surface area contributed by atoms with Crippen LogP contribution in [0.4, 0.5) is 8.78 Å². The van der Waals surface area contributed by atoms with E-state index in [1.807, 2.05) is 0 Å². The molecule has 1 aliphatic carbocycles. The van der Waals surface area contributed by atoms with Crippen molar-refractivity contribution in [3.63, 3.8) is 0 Å². The lowest BCUT2D eigenvalue weighted by molar-refractivity contribution is -0.156. The topological polar surface area (TPSA) is 43.4 Å². The Kier molecular flexibility index (Phi) is 2.51. The van der Waals surface area contributed by atoms with Crippen molar-refractivity contribution < 1.29 is 23.1 Å². The van der Waals surface area contributed by atoms with E-state index in [1.54, 1.807) is 6.92 Å². The second-order valence-electron chi connectivity index (χ2n) is 4.79. The van der Waals surface area contributed by atoms with E-state index in [9.17, 15) is 18.4 Å². The van der Waals surface area contributed by atoms with E-state index in [-0.39, 0.29) is 5.92 Å². The molecule has 0 spiro atoms. The molecule has 0 aromatic rings. The third-order valence-electron chi connectivity index (χ3n) is 3.95. The first-order chi connectivity index (χ1) is 7.38. The highest BCUT2D eigenvalue weighted by Gasteiger charge is 2.59. The van der Waals surface area contributed by atoms with Gasteiger partial charge in [0.05, 0.1) is 5.92 Å². The molecule has 1 aliphatic heterocycles. The molecule has 2 aliphatic rings. The second kappa shape index (κ2) is 3.50. The summed E-state index contributed by atoms with van der Waals surface area (Å²) in [7, 11) is 0. The Labute approximate surface area is 92.1 Å². The molecule has 5 atom stereocenters. The summed E-state index contributed by atoms with van der Waals surface area (Å²) >= 11 is 0.